The molecule has 0 heterocycles. The topological polar surface area (TPSA) is 70.3 Å². The first-order valence-electron chi connectivity index (χ1n) is 5.55. The second kappa shape index (κ2) is 6.54. The highest BCUT2D eigenvalue weighted by molar-refractivity contribution is 5.90. The number of hydrogen-bond donors (Lipinski definition) is 1. The summed E-state index contributed by atoms with van der Waals surface area (Å²) in [5.41, 5.74) is 0.656. The Hall–Kier alpha value is -2.02. The molecular formula is C13H15NO3. The summed E-state index contributed by atoms with van der Waals surface area (Å²) in [5, 5.41) is 17.6. The Labute approximate surface area is 100 Å². The molecule has 0 saturated heterocycles. The molecule has 1 N–H and O–H groups in total. The summed E-state index contributed by atoms with van der Waals surface area (Å²) >= 11 is 0. The maximum absolute atomic E-state index is 11.0. The molecule has 0 radical (unpaired) electrons. The first-order chi connectivity index (χ1) is 8.19. The van der Waals surface area contributed by atoms with Crippen LogP contribution in [0.5, 0.6) is 5.75 Å². The average Bonchev–Trinajstić information content (AvgIpc) is 2.31. The van der Waals surface area contributed by atoms with Crippen molar-refractivity contribution in [2.24, 2.45) is 0 Å². The van der Waals surface area contributed by atoms with Crippen molar-refractivity contribution in [3.63, 3.8) is 0 Å². The minimum Gasteiger partial charge on any atom is -0.494 e. The van der Waals surface area contributed by atoms with Gasteiger partial charge in [-0.2, -0.15) is 5.26 Å². The molecule has 0 bridgehead atoms. The zero-order valence-electron chi connectivity index (χ0n) is 9.77. The molecule has 1 aromatic carbocycles. The fraction of sp³-hybridized carbons (Fsp3) is 0.385. The Morgan fingerprint density at radius 2 is 2.29 bits per heavy atom. The molecule has 0 aliphatic rings. The molecule has 0 amide bonds. The van der Waals surface area contributed by atoms with E-state index in [2.05, 4.69) is 6.92 Å². The molecule has 1 aromatic rings. The highest BCUT2D eigenvalue weighted by atomic mass is 16.5. The number of benzene rings is 1. The van der Waals surface area contributed by atoms with Gasteiger partial charge in [-0.1, -0.05) is 19.4 Å². The Morgan fingerprint density at radius 3 is 2.88 bits per heavy atom. The molecule has 0 saturated carbocycles. The molecule has 4 nitrogen and oxygen atoms in total. The highest BCUT2D eigenvalue weighted by Gasteiger charge is 2.11. The van der Waals surface area contributed by atoms with E-state index in [-0.39, 0.29) is 12.0 Å². The van der Waals surface area contributed by atoms with Gasteiger partial charge in [0.2, 0.25) is 0 Å². The van der Waals surface area contributed by atoms with Gasteiger partial charge in [-0.25, -0.2) is 4.79 Å². The van der Waals surface area contributed by atoms with Crippen molar-refractivity contribution >= 4 is 5.97 Å². The van der Waals surface area contributed by atoms with Crippen molar-refractivity contribution in [3.05, 3.63) is 29.3 Å². The van der Waals surface area contributed by atoms with E-state index in [0.29, 0.717) is 17.9 Å². The minimum atomic E-state index is -1.03. The van der Waals surface area contributed by atoms with Gasteiger partial charge >= 0.3 is 5.97 Å². The Kier molecular flexibility index (Phi) is 5.02. The van der Waals surface area contributed by atoms with Gasteiger partial charge in [0.05, 0.1) is 24.7 Å². The molecule has 0 atom stereocenters. The van der Waals surface area contributed by atoms with Crippen molar-refractivity contribution in [1.29, 1.82) is 5.26 Å². The first kappa shape index (κ1) is 13.0. The molecule has 0 spiro atoms. The number of unbranched alkanes of at least 4 members (excludes halogenated alkanes) is 1. The number of carboxylic acids is 1. The van der Waals surface area contributed by atoms with Gasteiger partial charge in [0.1, 0.15) is 5.75 Å². The van der Waals surface area contributed by atoms with Crippen molar-refractivity contribution in [2.75, 3.05) is 6.61 Å². The van der Waals surface area contributed by atoms with Crippen molar-refractivity contribution in [3.8, 4) is 11.8 Å². The van der Waals surface area contributed by atoms with E-state index in [0.717, 1.165) is 12.8 Å². The minimum absolute atomic E-state index is 0.0941. The smallest absolute Gasteiger partial charge is 0.336 e. The summed E-state index contributed by atoms with van der Waals surface area (Å²) in [5.74, 6) is -0.492. The summed E-state index contributed by atoms with van der Waals surface area (Å²) in [4.78, 5) is 11.0. The van der Waals surface area contributed by atoms with Gasteiger partial charge in [-0.3, -0.25) is 0 Å². The molecule has 4 heteroatoms. The van der Waals surface area contributed by atoms with Crippen molar-refractivity contribution in [2.45, 2.75) is 26.2 Å². The summed E-state index contributed by atoms with van der Waals surface area (Å²) in [7, 11) is 0. The van der Waals surface area contributed by atoms with Crippen LogP contribution in [-0.2, 0) is 6.42 Å². The largest absolute Gasteiger partial charge is 0.494 e. The monoisotopic (exact) mass is 233 g/mol. The second-order valence-corrected chi connectivity index (χ2v) is 3.66. The fourth-order valence-corrected chi connectivity index (χ4v) is 1.42. The maximum atomic E-state index is 11.0. The third-order valence-electron chi connectivity index (χ3n) is 2.35. The van der Waals surface area contributed by atoms with Crippen LogP contribution in [0, 0.1) is 11.3 Å². The molecular weight excluding hydrogens is 218 g/mol. The number of carboxylic acid groups (broad SMARTS) is 1. The van der Waals surface area contributed by atoms with E-state index in [1.807, 2.05) is 6.07 Å². The first-order valence-corrected chi connectivity index (χ1v) is 5.55. The fourth-order valence-electron chi connectivity index (χ4n) is 1.42. The third-order valence-corrected chi connectivity index (χ3v) is 2.35. The Morgan fingerprint density at radius 1 is 1.53 bits per heavy atom. The van der Waals surface area contributed by atoms with E-state index in [4.69, 9.17) is 15.1 Å². The quantitative estimate of drug-likeness (QED) is 0.767. The number of hydrogen-bond acceptors (Lipinski definition) is 3. The molecule has 0 aromatic heterocycles. The standard InChI is InChI=1S/C13H15NO3/c1-2-3-8-17-11-5-4-10(6-7-14)12(9-11)13(15)16/h4-5,9H,2-3,6,8H2,1H3,(H,15,16). The average molecular weight is 233 g/mol. The molecule has 17 heavy (non-hydrogen) atoms. The summed E-state index contributed by atoms with van der Waals surface area (Å²) in [6.45, 7) is 2.63. The number of aromatic carboxylic acids is 1. The van der Waals surface area contributed by atoms with E-state index in [1.54, 1.807) is 12.1 Å². The molecule has 0 aliphatic carbocycles. The van der Waals surface area contributed by atoms with Crippen LogP contribution >= 0.6 is 0 Å². The lowest BCUT2D eigenvalue weighted by Crippen LogP contribution is -2.04. The van der Waals surface area contributed by atoms with E-state index >= 15 is 0 Å². The Balaban J connectivity index is 2.86. The van der Waals surface area contributed by atoms with Gasteiger partial charge in [0.25, 0.3) is 0 Å². The van der Waals surface area contributed by atoms with E-state index < -0.39 is 5.97 Å². The van der Waals surface area contributed by atoms with Gasteiger partial charge in [0.15, 0.2) is 0 Å². The van der Waals surface area contributed by atoms with Crippen LogP contribution in [0.15, 0.2) is 18.2 Å². The zero-order chi connectivity index (χ0) is 12.7. The van der Waals surface area contributed by atoms with Crippen LogP contribution in [-0.4, -0.2) is 17.7 Å². The van der Waals surface area contributed by atoms with Crippen molar-refractivity contribution in [1.82, 2.24) is 0 Å². The van der Waals surface area contributed by atoms with Crippen LogP contribution in [0.1, 0.15) is 35.7 Å². The zero-order valence-corrected chi connectivity index (χ0v) is 9.77. The van der Waals surface area contributed by atoms with Crippen molar-refractivity contribution < 1.29 is 14.6 Å². The number of rotatable bonds is 6. The predicted molar refractivity (Wildman–Crippen MR) is 63.1 cm³/mol. The van der Waals surface area contributed by atoms with E-state index in [9.17, 15) is 4.79 Å². The lowest BCUT2D eigenvalue weighted by atomic mass is 10.0. The summed E-state index contributed by atoms with van der Waals surface area (Å²) in [6.07, 6.45) is 2.05. The Bertz CT molecular complexity index is 435. The molecule has 0 aliphatic heterocycles. The van der Waals surface area contributed by atoms with Gasteiger partial charge in [0, 0.05) is 0 Å². The van der Waals surface area contributed by atoms with Crippen LogP contribution in [0.3, 0.4) is 0 Å². The number of nitrogens with zero attached hydrogens (tertiary/aromatic N) is 1. The maximum Gasteiger partial charge on any atom is 0.336 e. The number of carbonyl (C=O) groups is 1. The van der Waals surface area contributed by atoms with E-state index in [1.165, 1.54) is 6.07 Å². The SMILES string of the molecule is CCCCOc1ccc(CC#N)c(C(=O)O)c1. The molecule has 90 valence electrons. The van der Waals surface area contributed by atoms with Crippen LogP contribution in [0.4, 0.5) is 0 Å². The highest BCUT2D eigenvalue weighted by Crippen LogP contribution is 2.19. The number of nitriles is 1. The molecule has 0 unspecified atom stereocenters. The third kappa shape index (κ3) is 3.80. The normalized spacial score (nSPS) is 9.65. The molecule has 1 rings (SSSR count). The molecule has 0 fully saturated rings. The van der Waals surface area contributed by atoms with Crippen LogP contribution < -0.4 is 4.74 Å². The van der Waals surface area contributed by atoms with Crippen LogP contribution in [0.2, 0.25) is 0 Å². The lowest BCUT2D eigenvalue weighted by molar-refractivity contribution is 0.0695. The lowest BCUT2D eigenvalue weighted by Gasteiger charge is -2.08. The summed E-state index contributed by atoms with van der Waals surface area (Å²) < 4.78 is 5.42. The predicted octanol–water partition coefficient (Wildman–Crippen LogP) is 2.63. The van der Waals surface area contributed by atoms with Crippen LogP contribution in [0.25, 0.3) is 0 Å². The summed E-state index contributed by atoms with van der Waals surface area (Å²) in [6, 6.07) is 6.76. The van der Waals surface area contributed by atoms with Gasteiger partial charge in [-0.15, -0.1) is 0 Å². The van der Waals surface area contributed by atoms with Gasteiger partial charge < -0.3 is 9.84 Å². The number of ether oxygens (including phenoxy) is 1. The second-order valence-electron chi connectivity index (χ2n) is 3.66. The van der Waals surface area contributed by atoms with Gasteiger partial charge in [-0.05, 0) is 24.1 Å².